The van der Waals surface area contributed by atoms with Crippen molar-refractivity contribution in [2.45, 2.75) is 95.3 Å². The highest BCUT2D eigenvalue weighted by Crippen LogP contribution is 2.43. The zero-order valence-corrected chi connectivity index (χ0v) is 23.9. The zero-order valence-electron chi connectivity index (χ0n) is 23.1. The van der Waals surface area contributed by atoms with Crippen molar-refractivity contribution < 1.29 is 31.5 Å². The van der Waals surface area contributed by atoms with E-state index in [9.17, 15) is 31.5 Å². The van der Waals surface area contributed by atoms with Crippen molar-refractivity contribution in [3.63, 3.8) is 0 Å². The number of hydrogen-bond donors (Lipinski definition) is 2. The van der Waals surface area contributed by atoms with Crippen LogP contribution in [0.2, 0.25) is 0 Å². The van der Waals surface area contributed by atoms with Crippen LogP contribution in [0.4, 0.5) is 22.0 Å². The maximum atomic E-state index is 14.0. The summed E-state index contributed by atoms with van der Waals surface area (Å²) in [6, 6.07) is 0.524. The first kappa shape index (κ1) is 30.2. The first-order valence-electron chi connectivity index (χ1n) is 14.0. The average molecular weight is 614 g/mol. The third-order valence-corrected chi connectivity index (χ3v) is 8.61. The van der Waals surface area contributed by atoms with Gasteiger partial charge in [-0.05, 0) is 66.6 Å². The van der Waals surface area contributed by atoms with Gasteiger partial charge in [0.05, 0.1) is 42.3 Å². The number of imidazole rings is 1. The fourth-order valence-corrected chi connectivity index (χ4v) is 6.12. The summed E-state index contributed by atoms with van der Waals surface area (Å²) in [6.45, 7) is 3.79. The summed E-state index contributed by atoms with van der Waals surface area (Å²) in [6.07, 6.45) is -1.68. The van der Waals surface area contributed by atoms with Gasteiger partial charge in [-0.3, -0.25) is 9.59 Å². The second-order valence-corrected chi connectivity index (χ2v) is 12.3. The van der Waals surface area contributed by atoms with E-state index in [0.29, 0.717) is 27.5 Å². The van der Waals surface area contributed by atoms with Crippen LogP contribution in [0.15, 0.2) is 18.5 Å². The van der Waals surface area contributed by atoms with Crippen molar-refractivity contribution in [2.75, 3.05) is 0 Å². The topological polar surface area (TPSA) is 114 Å². The van der Waals surface area contributed by atoms with E-state index in [2.05, 4.69) is 25.3 Å². The van der Waals surface area contributed by atoms with Crippen LogP contribution in [0.5, 0.6) is 0 Å². The second kappa shape index (κ2) is 11.8. The molecule has 2 aliphatic carbocycles. The highest BCUT2D eigenvalue weighted by atomic mass is 32.1. The second-order valence-electron chi connectivity index (χ2n) is 11.5. The molecule has 5 rings (SSSR count). The minimum atomic E-state index is -4.42. The zero-order chi connectivity index (χ0) is 30.2. The summed E-state index contributed by atoms with van der Waals surface area (Å²) in [7, 11) is 0. The van der Waals surface area contributed by atoms with Crippen LogP contribution in [0.3, 0.4) is 0 Å². The summed E-state index contributed by atoms with van der Waals surface area (Å²) in [4.78, 5) is 30.7. The predicted octanol–water partition coefficient (Wildman–Crippen LogP) is 5.91. The molecular formula is C27H32F5N7O2S. The van der Waals surface area contributed by atoms with E-state index < -0.39 is 48.8 Å². The number of aromatic nitrogens is 5. The summed E-state index contributed by atoms with van der Waals surface area (Å²) in [5.74, 6) is -4.11. The molecular weight excluding hydrogens is 581 g/mol. The Morgan fingerprint density at radius 1 is 1.10 bits per heavy atom. The smallest absolute Gasteiger partial charge is 0.349 e. The fraction of sp³-hybridized carbons (Fsp3) is 0.630. The minimum absolute atomic E-state index is 0.0393. The van der Waals surface area contributed by atoms with Gasteiger partial charge >= 0.3 is 6.18 Å². The number of halogens is 5. The molecule has 0 bridgehead atoms. The van der Waals surface area contributed by atoms with Gasteiger partial charge in [0.25, 0.3) is 5.91 Å². The van der Waals surface area contributed by atoms with Crippen LogP contribution in [0, 0.1) is 11.8 Å². The van der Waals surface area contributed by atoms with E-state index in [1.54, 1.807) is 12.3 Å². The molecule has 2 amide bonds. The van der Waals surface area contributed by atoms with Crippen molar-refractivity contribution in [1.29, 1.82) is 0 Å². The lowest BCUT2D eigenvalue weighted by Gasteiger charge is -2.33. The van der Waals surface area contributed by atoms with Gasteiger partial charge in [-0.25, -0.2) is 18.3 Å². The minimum Gasteiger partial charge on any atom is -0.349 e. The summed E-state index contributed by atoms with van der Waals surface area (Å²) in [5.41, 5.74) is 2.01. The normalized spacial score (nSPS) is 19.1. The molecule has 2 atom stereocenters. The molecule has 42 heavy (non-hydrogen) atoms. The molecule has 3 aromatic rings. The van der Waals surface area contributed by atoms with Gasteiger partial charge in [0.1, 0.15) is 4.88 Å². The molecule has 15 heteroatoms. The Bertz CT molecular complexity index is 1430. The van der Waals surface area contributed by atoms with Gasteiger partial charge in [-0.2, -0.15) is 18.3 Å². The molecule has 0 aliphatic heterocycles. The molecule has 0 saturated heterocycles. The van der Waals surface area contributed by atoms with E-state index in [1.165, 1.54) is 10.7 Å². The number of fused-ring (bicyclic) bond motifs is 1. The Kier molecular flexibility index (Phi) is 8.50. The number of rotatable bonds is 10. The van der Waals surface area contributed by atoms with Crippen LogP contribution in [-0.2, 0) is 4.79 Å². The number of alkyl halides is 5. The van der Waals surface area contributed by atoms with Gasteiger partial charge in [-0.1, -0.05) is 18.3 Å². The summed E-state index contributed by atoms with van der Waals surface area (Å²) < 4.78 is 71.2. The third kappa shape index (κ3) is 7.21. The van der Waals surface area contributed by atoms with Gasteiger partial charge in [-0.15, -0.1) is 5.10 Å². The highest BCUT2D eigenvalue weighted by molar-refractivity contribution is 7.08. The molecule has 0 aromatic carbocycles. The van der Waals surface area contributed by atoms with Crippen LogP contribution >= 0.6 is 11.5 Å². The Morgan fingerprint density at radius 3 is 2.43 bits per heavy atom. The molecule has 1 unspecified atom stereocenters. The van der Waals surface area contributed by atoms with Crippen LogP contribution in [-0.4, -0.2) is 48.1 Å². The number of hydrogen-bond acceptors (Lipinski definition) is 7. The molecule has 0 spiro atoms. The average Bonchev–Trinajstić information content (AvgIpc) is 3.47. The number of carbonyl (C=O) groups excluding carboxylic acids is 2. The van der Waals surface area contributed by atoms with E-state index in [4.69, 9.17) is 4.98 Å². The number of amides is 2. The van der Waals surface area contributed by atoms with Crippen molar-refractivity contribution in [3.8, 4) is 0 Å². The Balaban J connectivity index is 1.40. The first-order chi connectivity index (χ1) is 19.8. The molecule has 2 fully saturated rings. The van der Waals surface area contributed by atoms with Gasteiger partial charge < -0.3 is 10.6 Å². The molecule has 3 aromatic heterocycles. The van der Waals surface area contributed by atoms with E-state index in [1.807, 2.05) is 13.8 Å². The van der Waals surface area contributed by atoms with Crippen molar-refractivity contribution >= 4 is 29.0 Å². The maximum Gasteiger partial charge on any atom is 0.389 e. The van der Waals surface area contributed by atoms with Gasteiger partial charge in [0, 0.05) is 19.3 Å². The quantitative estimate of drug-likeness (QED) is 0.275. The third-order valence-electron chi connectivity index (χ3n) is 7.87. The molecule has 2 N–H and O–H groups in total. The fourth-order valence-electron chi connectivity index (χ4n) is 5.40. The Hall–Kier alpha value is -3.23. The molecule has 228 valence electrons. The Labute approximate surface area is 242 Å². The van der Waals surface area contributed by atoms with E-state index in [0.717, 1.165) is 24.4 Å². The number of nitrogens with zero attached hydrogens (tertiary/aromatic N) is 5. The van der Waals surface area contributed by atoms with Crippen LogP contribution in [0.25, 0.3) is 5.65 Å². The largest absolute Gasteiger partial charge is 0.389 e. The van der Waals surface area contributed by atoms with Crippen molar-refractivity contribution in [2.24, 2.45) is 11.8 Å². The monoisotopic (exact) mass is 613 g/mol. The molecule has 2 aliphatic rings. The van der Waals surface area contributed by atoms with E-state index in [-0.39, 0.29) is 43.4 Å². The SMILES string of the molecule is CC(C)c1nnsc1C(=O)N[C@H](c1cn2ncc(C(NC(=O)CCC(F)(F)F)C3CC3)cc2n1)C1CCC(F)(F)CC1. The van der Waals surface area contributed by atoms with Gasteiger partial charge in [0.2, 0.25) is 11.8 Å². The van der Waals surface area contributed by atoms with Crippen LogP contribution < -0.4 is 10.6 Å². The highest BCUT2D eigenvalue weighted by Gasteiger charge is 2.40. The molecule has 2 saturated carbocycles. The maximum absolute atomic E-state index is 14.0. The predicted molar refractivity (Wildman–Crippen MR) is 143 cm³/mol. The standard InChI is InChI=1S/C27H32F5N7O2S/c1-14(2)21-24(42-38-37-21)25(41)36-23(16-5-8-26(28,29)9-6-16)18-13-39-19(34-18)11-17(12-33-39)22(15-3-4-15)35-20(40)7-10-27(30,31)32/h11-16,22-23H,3-10H2,1-2H3,(H,35,40)(H,36,41)/t22?,23-/m0/s1. The first-order valence-corrected chi connectivity index (χ1v) is 14.8. The lowest BCUT2D eigenvalue weighted by atomic mass is 9.81. The van der Waals surface area contributed by atoms with Crippen molar-refractivity contribution in [3.05, 3.63) is 40.3 Å². The summed E-state index contributed by atoms with van der Waals surface area (Å²) in [5, 5.41) is 14.2. The summed E-state index contributed by atoms with van der Waals surface area (Å²) >= 11 is 0.970. The molecule has 3 heterocycles. The molecule has 0 radical (unpaired) electrons. The number of carbonyl (C=O) groups is 2. The van der Waals surface area contributed by atoms with Crippen molar-refractivity contribution in [1.82, 2.24) is 34.8 Å². The Morgan fingerprint density at radius 2 is 1.79 bits per heavy atom. The van der Waals surface area contributed by atoms with E-state index >= 15 is 0 Å². The van der Waals surface area contributed by atoms with Gasteiger partial charge in [0.15, 0.2) is 5.65 Å². The lowest BCUT2D eigenvalue weighted by Crippen LogP contribution is -2.37. The molecule has 9 nitrogen and oxygen atoms in total. The lowest BCUT2D eigenvalue weighted by molar-refractivity contribution is -0.144. The van der Waals surface area contributed by atoms with Crippen LogP contribution in [0.1, 0.15) is 110 Å². The number of nitrogens with one attached hydrogen (secondary N) is 2.